The monoisotopic (exact) mass is 227 g/mol. The number of aromatic amines is 1. The standard InChI is InChI=1S/C9H17N5O2/c1-4-14(5-2)9(15)11-7-10-8(13-12-7)16-6-3/h4-6H2,1-3H3,(H2,10,11,12,13,15). The van der Waals surface area contributed by atoms with Crippen LogP contribution in [0.1, 0.15) is 20.8 Å². The van der Waals surface area contributed by atoms with Crippen molar-refractivity contribution < 1.29 is 9.53 Å². The van der Waals surface area contributed by atoms with Gasteiger partial charge in [0, 0.05) is 13.1 Å². The quantitative estimate of drug-likeness (QED) is 0.788. The van der Waals surface area contributed by atoms with Crippen molar-refractivity contribution in [1.82, 2.24) is 20.1 Å². The average Bonchev–Trinajstić information content (AvgIpc) is 2.68. The maximum Gasteiger partial charge on any atom is 0.337 e. The smallest absolute Gasteiger partial charge is 0.337 e. The first-order valence-corrected chi connectivity index (χ1v) is 5.32. The average molecular weight is 227 g/mol. The van der Waals surface area contributed by atoms with Crippen LogP contribution in [-0.4, -0.2) is 45.8 Å². The molecule has 0 unspecified atom stereocenters. The van der Waals surface area contributed by atoms with Gasteiger partial charge in [0.05, 0.1) is 6.61 Å². The number of ether oxygens (including phenoxy) is 1. The Hall–Kier alpha value is -1.79. The third kappa shape index (κ3) is 3.11. The molecule has 7 nitrogen and oxygen atoms in total. The normalized spacial score (nSPS) is 9.94. The van der Waals surface area contributed by atoms with Crippen LogP contribution in [0.2, 0.25) is 0 Å². The minimum Gasteiger partial charge on any atom is -0.463 e. The third-order valence-corrected chi connectivity index (χ3v) is 2.01. The number of urea groups is 1. The van der Waals surface area contributed by atoms with E-state index in [0.29, 0.717) is 25.6 Å². The lowest BCUT2D eigenvalue weighted by atomic mass is 10.5. The fourth-order valence-corrected chi connectivity index (χ4v) is 1.19. The largest absolute Gasteiger partial charge is 0.463 e. The zero-order valence-electron chi connectivity index (χ0n) is 9.78. The fourth-order valence-electron chi connectivity index (χ4n) is 1.19. The molecule has 0 fully saturated rings. The van der Waals surface area contributed by atoms with Gasteiger partial charge in [-0.1, -0.05) is 0 Å². The first-order valence-electron chi connectivity index (χ1n) is 5.32. The molecule has 0 spiro atoms. The highest BCUT2D eigenvalue weighted by Gasteiger charge is 2.12. The number of hydrogen-bond donors (Lipinski definition) is 2. The Balaban J connectivity index is 2.55. The number of carbonyl (C=O) groups excluding carboxylic acids is 1. The van der Waals surface area contributed by atoms with Crippen molar-refractivity contribution in [2.45, 2.75) is 20.8 Å². The Morgan fingerprint density at radius 2 is 2.12 bits per heavy atom. The molecule has 0 aliphatic rings. The predicted molar refractivity (Wildman–Crippen MR) is 59.5 cm³/mol. The molecular weight excluding hydrogens is 210 g/mol. The summed E-state index contributed by atoms with van der Waals surface area (Å²) in [4.78, 5) is 17.2. The molecule has 0 saturated carbocycles. The van der Waals surface area contributed by atoms with Gasteiger partial charge in [0.1, 0.15) is 0 Å². The lowest BCUT2D eigenvalue weighted by Crippen LogP contribution is -2.34. The molecule has 2 amide bonds. The van der Waals surface area contributed by atoms with Crippen molar-refractivity contribution in [3.63, 3.8) is 0 Å². The van der Waals surface area contributed by atoms with Crippen molar-refractivity contribution in [1.29, 1.82) is 0 Å². The van der Waals surface area contributed by atoms with Crippen LogP contribution in [-0.2, 0) is 0 Å². The van der Waals surface area contributed by atoms with Crippen LogP contribution in [0.3, 0.4) is 0 Å². The van der Waals surface area contributed by atoms with Crippen molar-refractivity contribution >= 4 is 12.0 Å². The van der Waals surface area contributed by atoms with Crippen molar-refractivity contribution in [2.75, 3.05) is 25.0 Å². The minimum atomic E-state index is -0.204. The Labute approximate surface area is 94.2 Å². The van der Waals surface area contributed by atoms with Gasteiger partial charge in [-0.3, -0.25) is 5.32 Å². The lowest BCUT2D eigenvalue weighted by Gasteiger charge is -2.17. The number of nitrogens with zero attached hydrogens (tertiary/aromatic N) is 3. The molecule has 0 bridgehead atoms. The highest BCUT2D eigenvalue weighted by molar-refractivity contribution is 5.87. The maximum atomic E-state index is 11.6. The number of H-pyrrole nitrogens is 1. The second-order valence-corrected chi connectivity index (χ2v) is 3.00. The molecule has 0 radical (unpaired) electrons. The number of carbonyl (C=O) groups is 1. The van der Waals surface area contributed by atoms with Crippen molar-refractivity contribution in [3.8, 4) is 6.01 Å². The van der Waals surface area contributed by atoms with E-state index in [1.165, 1.54) is 0 Å². The van der Waals surface area contributed by atoms with Gasteiger partial charge >= 0.3 is 12.0 Å². The van der Waals surface area contributed by atoms with E-state index in [4.69, 9.17) is 4.74 Å². The van der Waals surface area contributed by atoms with E-state index in [1.807, 2.05) is 20.8 Å². The van der Waals surface area contributed by atoms with Crippen LogP contribution in [0.25, 0.3) is 0 Å². The van der Waals surface area contributed by atoms with E-state index in [-0.39, 0.29) is 12.0 Å². The first kappa shape index (κ1) is 12.3. The van der Waals surface area contributed by atoms with E-state index in [2.05, 4.69) is 20.5 Å². The highest BCUT2D eigenvalue weighted by atomic mass is 16.5. The predicted octanol–water partition coefficient (Wildman–Crippen LogP) is 1.08. The van der Waals surface area contributed by atoms with E-state index in [0.717, 1.165) is 0 Å². The zero-order chi connectivity index (χ0) is 12.0. The van der Waals surface area contributed by atoms with Crippen LogP contribution in [0.4, 0.5) is 10.7 Å². The Kier molecular flexibility index (Phi) is 4.56. The summed E-state index contributed by atoms with van der Waals surface area (Å²) in [5, 5.41) is 8.96. The summed E-state index contributed by atoms with van der Waals surface area (Å²) in [6.07, 6.45) is 0. The van der Waals surface area contributed by atoms with Crippen LogP contribution in [0.15, 0.2) is 0 Å². The summed E-state index contributed by atoms with van der Waals surface area (Å²) in [7, 11) is 0. The molecule has 16 heavy (non-hydrogen) atoms. The van der Waals surface area contributed by atoms with Gasteiger partial charge in [0.2, 0.25) is 5.95 Å². The molecule has 0 aliphatic carbocycles. The number of nitrogens with one attached hydrogen (secondary N) is 2. The summed E-state index contributed by atoms with van der Waals surface area (Å²) in [6, 6.07) is 0.0292. The summed E-state index contributed by atoms with van der Waals surface area (Å²) >= 11 is 0. The van der Waals surface area contributed by atoms with Crippen LogP contribution < -0.4 is 10.1 Å². The second-order valence-electron chi connectivity index (χ2n) is 3.00. The zero-order valence-corrected chi connectivity index (χ0v) is 9.78. The Morgan fingerprint density at radius 3 is 2.69 bits per heavy atom. The maximum absolute atomic E-state index is 11.6. The van der Waals surface area contributed by atoms with E-state index < -0.39 is 0 Å². The van der Waals surface area contributed by atoms with Gasteiger partial charge < -0.3 is 9.64 Å². The molecule has 0 aliphatic heterocycles. The highest BCUT2D eigenvalue weighted by Crippen LogP contribution is 2.06. The Bertz CT molecular complexity index is 334. The molecule has 2 N–H and O–H groups in total. The lowest BCUT2D eigenvalue weighted by molar-refractivity contribution is 0.217. The molecule has 1 aromatic rings. The van der Waals surface area contributed by atoms with Crippen LogP contribution in [0.5, 0.6) is 6.01 Å². The van der Waals surface area contributed by atoms with Crippen LogP contribution >= 0.6 is 0 Å². The third-order valence-electron chi connectivity index (χ3n) is 2.01. The van der Waals surface area contributed by atoms with E-state index in [9.17, 15) is 4.79 Å². The number of aromatic nitrogens is 3. The molecule has 0 saturated heterocycles. The molecule has 90 valence electrons. The molecule has 7 heteroatoms. The summed E-state index contributed by atoms with van der Waals surface area (Å²) in [5.74, 6) is 0.292. The van der Waals surface area contributed by atoms with Crippen LogP contribution in [0, 0.1) is 0 Å². The number of rotatable bonds is 5. The molecule has 0 atom stereocenters. The number of amides is 2. The first-order chi connectivity index (χ1) is 7.71. The van der Waals surface area contributed by atoms with Gasteiger partial charge in [-0.05, 0) is 20.8 Å². The summed E-state index contributed by atoms with van der Waals surface area (Å²) in [6.45, 7) is 7.44. The SMILES string of the molecule is CCOc1n[nH]c(NC(=O)N(CC)CC)n1. The minimum absolute atomic E-state index is 0.204. The second kappa shape index (κ2) is 5.94. The van der Waals surface area contributed by atoms with Crippen molar-refractivity contribution in [2.24, 2.45) is 0 Å². The Morgan fingerprint density at radius 1 is 1.44 bits per heavy atom. The molecule has 1 aromatic heterocycles. The van der Waals surface area contributed by atoms with E-state index in [1.54, 1.807) is 4.90 Å². The van der Waals surface area contributed by atoms with Gasteiger partial charge in [0.15, 0.2) is 0 Å². The number of hydrogen-bond acceptors (Lipinski definition) is 4. The molecule has 1 rings (SSSR count). The van der Waals surface area contributed by atoms with Crippen molar-refractivity contribution in [3.05, 3.63) is 0 Å². The van der Waals surface area contributed by atoms with Gasteiger partial charge in [-0.25, -0.2) is 9.89 Å². The van der Waals surface area contributed by atoms with Gasteiger partial charge in [-0.2, -0.15) is 4.98 Å². The number of anilines is 1. The molecule has 1 heterocycles. The van der Waals surface area contributed by atoms with Gasteiger partial charge in [-0.15, -0.1) is 5.10 Å². The molecular formula is C9H17N5O2. The summed E-state index contributed by atoms with van der Waals surface area (Å²) in [5.41, 5.74) is 0. The van der Waals surface area contributed by atoms with E-state index >= 15 is 0 Å². The topological polar surface area (TPSA) is 83.1 Å². The molecule has 0 aromatic carbocycles. The summed E-state index contributed by atoms with van der Waals surface area (Å²) < 4.78 is 5.06. The van der Waals surface area contributed by atoms with Gasteiger partial charge in [0.25, 0.3) is 0 Å². The fraction of sp³-hybridized carbons (Fsp3) is 0.667.